The molecule has 2 aliphatic heterocycles. The average molecular weight is 513 g/mol. The molecule has 36 heavy (non-hydrogen) atoms. The third-order valence-electron chi connectivity index (χ3n) is 6.24. The molecular formula is C27H28O8S. The van der Waals surface area contributed by atoms with Gasteiger partial charge in [-0.25, -0.2) is 0 Å². The van der Waals surface area contributed by atoms with Gasteiger partial charge >= 0.3 is 0 Å². The first-order valence-corrected chi connectivity index (χ1v) is 13.1. The lowest BCUT2D eigenvalue weighted by molar-refractivity contribution is -0.386. The Labute approximate surface area is 210 Å². The number of ether oxygens (including phenoxy) is 4. The van der Waals surface area contributed by atoms with Crippen molar-refractivity contribution in [2.24, 2.45) is 0 Å². The van der Waals surface area contributed by atoms with Gasteiger partial charge < -0.3 is 24.1 Å². The summed E-state index contributed by atoms with van der Waals surface area (Å²) in [7, 11) is -4.04. The Morgan fingerprint density at radius 2 is 1.22 bits per heavy atom. The standard InChI is InChI=1S/C27H28O8S/c1-18-12-14-21(15-13-18)36(29,30)31-17-23-25-24(34-27(33-23)20-10-6-3-7-11-20)22(16-28)32-26(35-25)19-8-4-2-5-9-19/h2-15,22-28H,16-17H2,1H3/t22-,23+,24-,25-,26?,27?/m1/s1. The molecule has 0 radical (unpaired) electrons. The van der Waals surface area contributed by atoms with Gasteiger partial charge in [0.2, 0.25) is 0 Å². The summed E-state index contributed by atoms with van der Waals surface area (Å²) >= 11 is 0. The lowest BCUT2D eigenvalue weighted by Crippen LogP contribution is -2.60. The van der Waals surface area contributed by atoms with Crippen LogP contribution in [0.25, 0.3) is 0 Å². The zero-order valence-corrected chi connectivity index (χ0v) is 20.5. The molecule has 0 saturated carbocycles. The van der Waals surface area contributed by atoms with Gasteiger partial charge in [-0.1, -0.05) is 78.4 Å². The van der Waals surface area contributed by atoms with E-state index >= 15 is 0 Å². The van der Waals surface area contributed by atoms with Gasteiger partial charge in [0, 0.05) is 11.1 Å². The maximum atomic E-state index is 12.9. The highest BCUT2D eigenvalue weighted by atomic mass is 32.2. The number of aliphatic hydroxyl groups excluding tert-OH is 1. The van der Waals surface area contributed by atoms with Crippen molar-refractivity contribution in [3.05, 3.63) is 102 Å². The first-order chi connectivity index (χ1) is 17.4. The van der Waals surface area contributed by atoms with Crippen molar-refractivity contribution in [3.63, 3.8) is 0 Å². The molecule has 3 aromatic rings. The van der Waals surface area contributed by atoms with Crippen LogP contribution >= 0.6 is 0 Å². The van der Waals surface area contributed by atoms with E-state index in [0.717, 1.165) is 16.7 Å². The van der Waals surface area contributed by atoms with E-state index in [0.29, 0.717) is 0 Å². The second-order valence-corrected chi connectivity index (χ2v) is 10.4. The Balaban J connectivity index is 1.42. The highest BCUT2D eigenvalue weighted by Gasteiger charge is 2.50. The molecule has 9 heteroatoms. The number of hydrogen-bond acceptors (Lipinski definition) is 8. The van der Waals surface area contributed by atoms with Crippen molar-refractivity contribution >= 4 is 10.1 Å². The Kier molecular flexibility index (Phi) is 7.49. The zero-order chi connectivity index (χ0) is 25.1. The quantitative estimate of drug-likeness (QED) is 0.479. The number of benzene rings is 3. The Bertz CT molecular complexity index is 1230. The SMILES string of the molecule is Cc1ccc(S(=O)(=O)OC[C@@H]2OC(c3ccccc3)O[C@H]3[C@@H]2OC(c2ccccc2)O[C@@H]3CO)cc1. The highest BCUT2D eigenvalue weighted by molar-refractivity contribution is 7.86. The molecule has 190 valence electrons. The molecule has 3 aromatic carbocycles. The average Bonchev–Trinajstić information content (AvgIpc) is 2.92. The molecule has 0 amide bonds. The van der Waals surface area contributed by atoms with E-state index in [-0.39, 0.29) is 18.1 Å². The first kappa shape index (κ1) is 25.0. The first-order valence-electron chi connectivity index (χ1n) is 11.7. The number of rotatable bonds is 7. The summed E-state index contributed by atoms with van der Waals surface area (Å²) in [5.74, 6) is 0. The van der Waals surface area contributed by atoms with E-state index in [4.69, 9.17) is 23.1 Å². The monoisotopic (exact) mass is 512 g/mol. The van der Waals surface area contributed by atoms with E-state index < -0.39 is 47.1 Å². The minimum atomic E-state index is -4.04. The summed E-state index contributed by atoms with van der Waals surface area (Å²) in [6.07, 6.45) is -4.63. The molecule has 2 fully saturated rings. The number of fused-ring (bicyclic) bond motifs is 1. The number of hydrogen-bond donors (Lipinski definition) is 1. The van der Waals surface area contributed by atoms with E-state index in [9.17, 15) is 13.5 Å². The van der Waals surface area contributed by atoms with Crippen LogP contribution in [0.5, 0.6) is 0 Å². The molecule has 2 heterocycles. The molecule has 1 N–H and O–H groups in total. The maximum Gasteiger partial charge on any atom is 0.297 e. The zero-order valence-electron chi connectivity index (χ0n) is 19.7. The summed E-state index contributed by atoms with van der Waals surface area (Å²) in [6.45, 7) is 1.26. The second kappa shape index (κ2) is 10.8. The molecule has 2 saturated heterocycles. The predicted molar refractivity (Wildman–Crippen MR) is 129 cm³/mol. The van der Waals surface area contributed by atoms with E-state index in [1.54, 1.807) is 12.1 Å². The Morgan fingerprint density at radius 3 is 1.75 bits per heavy atom. The second-order valence-electron chi connectivity index (χ2n) is 8.77. The van der Waals surface area contributed by atoms with Gasteiger partial charge in [0.1, 0.15) is 24.4 Å². The van der Waals surface area contributed by atoms with Crippen LogP contribution in [0.2, 0.25) is 0 Å². The van der Waals surface area contributed by atoms with E-state index in [1.165, 1.54) is 12.1 Å². The Morgan fingerprint density at radius 1 is 0.722 bits per heavy atom. The van der Waals surface area contributed by atoms with Crippen molar-refractivity contribution in [1.29, 1.82) is 0 Å². The van der Waals surface area contributed by atoms with Gasteiger partial charge in [-0.05, 0) is 19.1 Å². The van der Waals surface area contributed by atoms with Gasteiger partial charge in [-0.15, -0.1) is 0 Å². The van der Waals surface area contributed by atoms with Crippen molar-refractivity contribution in [1.82, 2.24) is 0 Å². The number of aliphatic hydroxyl groups is 1. The molecule has 8 nitrogen and oxygen atoms in total. The molecule has 2 unspecified atom stereocenters. The van der Waals surface area contributed by atoms with Crippen LogP contribution in [0.1, 0.15) is 29.3 Å². The maximum absolute atomic E-state index is 12.9. The summed E-state index contributed by atoms with van der Waals surface area (Å²) in [6, 6.07) is 25.0. The summed E-state index contributed by atoms with van der Waals surface area (Å²) in [5, 5.41) is 10.1. The highest BCUT2D eigenvalue weighted by Crippen LogP contribution is 2.40. The molecular weight excluding hydrogens is 484 g/mol. The molecule has 0 bridgehead atoms. The van der Waals surface area contributed by atoms with Crippen molar-refractivity contribution in [3.8, 4) is 0 Å². The van der Waals surface area contributed by atoms with Crippen molar-refractivity contribution < 1.29 is 36.7 Å². The van der Waals surface area contributed by atoms with Gasteiger partial charge in [0.05, 0.1) is 18.1 Å². The predicted octanol–water partition coefficient (Wildman–Crippen LogP) is 3.66. The van der Waals surface area contributed by atoms with Crippen LogP contribution in [0.3, 0.4) is 0 Å². The van der Waals surface area contributed by atoms with Gasteiger partial charge in [0.25, 0.3) is 10.1 Å². The summed E-state index contributed by atoms with van der Waals surface area (Å²) in [5.41, 5.74) is 2.43. The molecule has 0 aliphatic carbocycles. The van der Waals surface area contributed by atoms with Gasteiger partial charge in [0.15, 0.2) is 12.6 Å². The van der Waals surface area contributed by atoms with Crippen LogP contribution in [0.4, 0.5) is 0 Å². The topological polar surface area (TPSA) is 101 Å². The van der Waals surface area contributed by atoms with Gasteiger partial charge in [-0.3, -0.25) is 4.18 Å². The fourth-order valence-electron chi connectivity index (χ4n) is 4.32. The summed E-state index contributed by atoms with van der Waals surface area (Å²) < 4.78 is 55.9. The van der Waals surface area contributed by atoms with Crippen LogP contribution in [0.15, 0.2) is 89.8 Å². The fourth-order valence-corrected chi connectivity index (χ4v) is 5.24. The lowest BCUT2D eigenvalue weighted by Gasteiger charge is -2.48. The van der Waals surface area contributed by atoms with Crippen LogP contribution in [-0.2, 0) is 33.2 Å². The molecule has 0 aromatic heterocycles. The van der Waals surface area contributed by atoms with Crippen LogP contribution < -0.4 is 0 Å². The van der Waals surface area contributed by atoms with E-state index in [2.05, 4.69) is 0 Å². The molecule has 5 rings (SSSR count). The normalized spacial score (nSPS) is 28.4. The van der Waals surface area contributed by atoms with Gasteiger partial charge in [-0.2, -0.15) is 8.42 Å². The van der Waals surface area contributed by atoms with E-state index in [1.807, 2.05) is 67.6 Å². The van der Waals surface area contributed by atoms with Crippen LogP contribution in [0, 0.1) is 6.92 Å². The lowest BCUT2D eigenvalue weighted by atomic mass is 9.99. The van der Waals surface area contributed by atoms with Crippen molar-refractivity contribution in [2.45, 2.75) is 48.8 Å². The number of aryl methyl sites for hydroxylation is 1. The molecule has 6 atom stereocenters. The van der Waals surface area contributed by atoms with Crippen LogP contribution in [-0.4, -0.2) is 51.2 Å². The fraction of sp³-hybridized carbons (Fsp3) is 0.333. The summed E-state index contributed by atoms with van der Waals surface area (Å²) in [4.78, 5) is 0.0552. The molecule has 0 spiro atoms. The third-order valence-corrected chi connectivity index (χ3v) is 7.53. The minimum absolute atomic E-state index is 0.0552. The van der Waals surface area contributed by atoms with Crippen molar-refractivity contribution in [2.75, 3.05) is 13.2 Å². The minimum Gasteiger partial charge on any atom is -0.394 e. The third kappa shape index (κ3) is 5.37. The smallest absolute Gasteiger partial charge is 0.297 e. The Hall–Kier alpha value is -2.63. The largest absolute Gasteiger partial charge is 0.394 e. The molecule has 2 aliphatic rings.